The van der Waals surface area contributed by atoms with Crippen LogP contribution in [0.4, 0.5) is 25.8 Å². The van der Waals surface area contributed by atoms with Gasteiger partial charge in [0.05, 0.1) is 29.2 Å². The summed E-state index contributed by atoms with van der Waals surface area (Å²) in [5, 5.41) is 9.87. The van der Waals surface area contributed by atoms with Crippen molar-refractivity contribution in [3.8, 4) is 17.0 Å². The van der Waals surface area contributed by atoms with Gasteiger partial charge in [0.15, 0.2) is 11.6 Å². The number of carbonyl (C=O) groups excluding carboxylic acids is 2. The average molecular weight is 640 g/mol. The minimum Gasteiger partial charge on any atom is -0.454 e. The minimum atomic E-state index is -1.28. The number of hydrogen-bond donors (Lipinski definition) is 2. The maximum atomic E-state index is 15.3. The lowest BCUT2D eigenvalue weighted by Gasteiger charge is -2.28. The van der Waals surface area contributed by atoms with Crippen molar-refractivity contribution in [3.05, 3.63) is 90.4 Å². The van der Waals surface area contributed by atoms with E-state index in [0.29, 0.717) is 47.3 Å². The van der Waals surface area contributed by atoms with Gasteiger partial charge in [-0.25, -0.2) is 8.78 Å². The molecule has 1 aliphatic carbocycles. The Morgan fingerprint density at radius 2 is 1.70 bits per heavy atom. The summed E-state index contributed by atoms with van der Waals surface area (Å²) in [7, 11) is 2.12. The first-order valence-corrected chi connectivity index (χ1v) is 15.4. The number of nitrogens with zero attached hydrogens (tertiary/aromatic N) is 5. The summed E-state index contributed by atoms with van der Waals surface area (Å²) in [6, 6.07) is 11.4. The van der Waals surface area contributed by atoms with E-state index in [-0.39, 0.29) is 11.4 Å². The monoisotopic (exact) mass is 639 g/mol. The van der Waals surface area contributed by atoms with E-state index in [1.165, 1.54) is 36.4 Å². The first kappa shape index (κ1) is 31.7. The Morgan fingerprint density at radius 3 is 2.34 bits per heavy atom. The fourth-order valence-corrected chi connectivity index (χ4v) is 5.62. The molecule has 3 heterocycles. The molecule has 1 saturated heterocycles. The first-order valence-electron chi connectivity index (χ1n) is 15.4. The Kier molecular flexibility index (Phi) is 8.95. The van der Waals surface area contributed by atoms with Crippen molar-refractivity contribution in [1.29, 1.82) is 0 Å². The Morgan fingerprint density at radius 1 is 1.02 bits per heavy atom. The molecule has 2 aromatic carbocycles. The van der Waals surface area contributed by atoms with Crippen LogP contribution in [0.15, 0.2) is 78.2 Å². The number of halogens is 2. The molecule has 2 amide bonds. The Balaban J connectivity index is 1.12. The summed E-state index contributed by atoms with van der Waals surface area (Å²) < 4.78 is 36.4. The van der Waals surface area contributed by atoms with E-state index in [1.54, 1.807) is 31.5 Å². The first-order chi connectivity index (χ1) is 22.7. The number of aromatic nitrogens is 3. The summed E-state index contributed by atoms with van der Waals surface area (Å²) in [5.74, 6) is -1.97. The van der Waals surface area contributed by atoms with Crippen LogP contribution in [0.1, 0.15) is 44.2 Å². The number of pyridine rings is 1. The average Bonchev–Trinajstić information content (AvgIpc) is 3.76. The van der Waals surface area contributed by atoms with Crippen LogP contribution < -0.4 is 15.4 Å². The molecule has 0 unspecified atom stereocenters. The second kappa shape index (κ2) is 13.2. The van der Waals surface area contributed by atoms with Gasteiger partial charge in [-0.2, -0.15) is 5.10 Å². The van der Waals surface area contributed by atoms with E-state index >= 15 is 4.39 Å². The molecule has 4 aromatic rings. The normalized spacial score (nSPS) is 16.4. The molecule has 2 fully saturated rings. The summed E-state index contributed by atoms with van der Waals surface area (Å²) in [5.41, 5.74) is 1.83. The van der Waals surface area contributed by atoms with Crippen molar-refractivity contribution in [2.45, 2.75) is 38.6 Å². The number of nitrogens with one attached hydrogen (secondary N) is 2. The lowest BCUT2D eigenvalue weighted by molar-refractivity contribution is -0.131. The summed E-state index contributed by atoms with van der Waals surface area (Å²) in [4.78, 5) is 37.0. The number of rotatable bonds is 10. The third-order valence-corrected chi connectivity index (χ3v) is 8.67. The summed E-state index contributed by atoms with van der Waals surface area (Å²) in [6.07, 6.45) is 9.82. The number of piperidine rings is 1. The van der Waals surface area contributed by atoms with Gasteiger partial charge in [-0.05, 0) is 108 Å². The van der Waals surface area contributed by atoms with Crippen molar-refractivity contribution in [2.75, 3.05) is 30.8 Å². The van der Waals surface area contributed by atoms with Crippen LogP contribution >= 0.6 is 0 Å². The molecule has 242 valence electrons. The van der Waals surface area contributed by atoms with Crippen molar-refractivity contribution in [1.82, 2.24) is 19.7 Å². The number of allylic oxidation sites excluding steroid dienone is 1. The number of aliphatic imine (C=N–C) groups is 1. The van der Waals surface area contributed by atoms with E-state index in [0.717, 1.165) is 37.6 Å². The third kappa shape index (κ3) is 6.82. The van der Waals surface area contributed by atoms with Gasteiger partial charge in [0.1, 0.15) is 17.0 Å². The van der Waals surface area contributed by atoms with Crippen molar-refractivity contribution < 1.29 is 23.1 Å². The highest BCUT2D eigenvalue weighted by atomic mass is 19.1. The maximum absolute atomic E-state index is 15.3. The topological polar surface area (TPSA) is 114 Å². The molecule has 6 rings (SSSR count). The van der Waals surface area contributed by atoms with Gasteiger partial charge in [-0.1, -0.05) is 0 Å². The molecule has 0 radical (unpaired) electrons. The highest BCUT2D eigenvalue weighted by Gasteiger charge is 2.56. The van der Waals surface area contributed by atoms with Crippen molar-refractivity contribution in [3.63, 3.8) is 0 Å². The summed E-state index contributed by atoms with van der Waals surface area (Å²) in [6.45, 7) is 7.52. The highest BCUT2D eigenvalue weighted by Crippen LogP contribution is 2.47. The Bertz CT molecular complexity index is 1840. The van der Waals surface area contributed by atoms with E-state index in [9.17, 15) is 14.0 Å². The standard InChI is InChI=1S/C35H35F2N7O3/c1-4-31(27-20-39-29(18-30(27)38-2)22-19-40-44(21-22)26-11-15-43(3)16-12-26)47-32-10-9-25(17-28(32)37)42-34(46)35(13-14-35)33(45)41-24-7-5-23(36)6-8-24/h4-10,17-21,26H,2,11-16H2,1,3H3,(H,41,45)(H,42,46)/b31-4+. The van der Waals surface area contributed by atoms with Crippen LogP contribution in [-0.2, 0) is 9.59 Å². The number of benzene rings is 2. The largest absolute Gasteiger partial charge is 0.454 e. The zero-order chi connectivity index (χ0) is 33.1. The predicted molar refractivity (Wildman–Crippen MR) is 176 cm³/mol. The van der Waals surface area contributed by atoms with Gasteiger partial charge in [0, 0.05) is 35.4 Å². The maximum Gasteiger partial charge on any atom is 0.240 e. The fourth-order valence-electron chi connectivity index (χ4n) is 5.62. The van der Waals surface area contributed by atoms with Crippen LogP contribution in [-0.4, -0.2) is 58.3 Å². The third-order valence-electron chi connectivity index (χ3n) is 8.67. The minimum absolute atomic E-state index is 0.0789. The molecule has 12 heteroatoms. The van der Waals surface area contributed by atoms with Crippen LogP contribution in [0.25, 0.3) is 17.0 Å². The molecule has 1 saturated carbocycles. The molecule has 0 spiro atoms. The van der Waals surface area contributed by atoms with E-state index < -0.39 is 28.9 Å². The van der Waals surface area contributed by atoms with Gasteiger partial charge in [-0.3, -0.25) is 24.2 Å². The number of carbonyl (C=O) groups is 2. The molecule has 2 N–H and O–H groups in total. The van der Waals surface area contributed by atoms with Crippen LogP contribution in [0.3, 0.4) is 0 Å². The molecular formula is C35H35F2N7O3. The molecular weight excluding hydrogens is 604 g/mol. The molecule has 10 nitrogen and oxygen atoms in total. The summed E-state index contributed by atoms with van der Waals surface area (Å²) >= 11 is 0. The van der Waals surface area contributed by atoms with Crippen molar-refractivity contribution in [2.24, 2.45) is 10.4 Å². The van der Waals surface area contributed by atoms with Crippen LogP contribution in [0.2, 0.25) is 0 Å². The number of likely N-dealkylation sites (tertiary alicyclic amines) is 1. The van der Waals surface area contributed by atoms with Crippen LogP contribution in [0.5, 0.6) is 5.75 Å². The number of anilines is 2. The second-order valence-corrected chi connectivity index (χ2v) is 11.9. The highest BCUT2D eigenvalue weighted by molar-refractivity contribution is 6.16. The zero-order valence-corrected chi connectivity index (χ0v) is 26.2. The molecule has 1 aliphatic heterocycles. The van der Waals surface area contributed by atoms with E-state index in [4.69, 9.17) is 4.74 Å². The molecule has 47 heavy (non-hydrogen) atoms. The number of ether oxygens (including phenoxy) is 1. The van der Waals surface area contributed by atoms with E-state index in [1.807, 2.05) is 10.9 Å². The van der Waals surface area contributed by atoms with Gasteiger partial charge in [0.25, 0.3) is 0 Å². The molecule has 0 bridgehead atoms. The van der Waals surface area contributed by atoms with Gasteiger partial charge in [-0.15, -0.1) is 0 Å². The zero-order valence-electron chi connectivity index (χ0n) is 26.2. The Hall–Kier alpha value is -5.23. The quantitative estimate of drug-likeness (QED) is 0.115. The predicted octanol–water partition coefficient (Wildman–Crippen LogP) is 6.62. The lowest BCUT2D eigenvalue weighted by atomic mass is 10.0. The molecule has 2 aliphatic rings. The SMILES string of the molecule is C=Nc1cc(-c2cnn(C3CCN(C)CC3)c2)ncc1/C(=C\C)Oc1ccc(NC(=O)C2(C(=O)Nc3ccc(F)cc3)CC2)cc1F. The fraction of sp³-hybridized carbons (Fsp3) is 0.286. The van der Waals surface area contributed by atoms with E-state index in [2.05, 4.69) is 44.4 Å². The lowest BCUT2D eigenvalue weighted by Crippen LogP contribution is -2.35. The molecule has 0 atom stereocenters. The second-order valence-electron chi connectivity index (χ2n) is 11.9. The number of hydrogen-bond acceptors (Lipinski definition) is 7. The smallest absolute Gasteiger partial charge is 0.240 e. The van der Waals surface area contributed by atoms with Gasteiger partial charge >= 0.3 is 0 Å². The molecule has 2 aromatic heterocycles. The van der Waals surface area contributed by atoms with Gasteiger partial charge < -0.3 is 20.3 Å². The number of amides is 2. The van der Waals surface area contributed by atoms with Gasteiger partial charge in [0.2, 0.25) is 11.8 Å². The van der Waals surface area contributed by atoms with Crippen molar-refractivity contribution >= 4 is 41.4 Å². The Labute approximate surface area is 271 Å². The van der Waals surface area contributed by atoms with Crippen LogP contribution in [0, 0.1) is 17.0 Å².